The fraction of sp³-hybridized carbons (Fsp3) is 1.00. The molecule has 0 amide bonds. The summed E-state index contributed by atoms with van der Waals surface area (Å²) in [4.78, 5) is 2.63. The van der Waals surface area contributed by atoms with Gasteiger partial charge in [0.15, 0.2) is 0 Å². The van der Waals surface area contributed by atoms with Crippen LogP contribution >= 0.6 is 12.6 Å². The Morgan fingerprint density at radius 1 is 1.06 bits per heavy atom. The lowest BCUT2D eigenvalue weighted by Crippen LogP contribution is -2.50. The van der Waals surface area contributed by atoms with E-state index in [9.17, 15) is 0 Å². The van der Waals surface area contributed by atoms with Gasteiger partial charge in [-0.1, -0.05) is 25.7 Å². The maximum absolute atomic E-state index is 5.84. The van der Waals surface area contributed by atoms with Gasteiger partial charge in [0.25, 0.3) is 0 Å². The molecule has 1 aliphatic carbocycles. The van der Waals surface area contributed by atoms with Crippen molar-refractivity contribution in [1.82, 2.24) is 4.90 Å². The van der Waals surface area contributed by atoms with Crippen LogP contribution in [0, 0.1) is 5.41 Å². The first kappa shape index (κ1) is 14.7. The lowest BCUT2D eigenvalue weighted by atomic mass is 9.81. The van der Waals surface area contributed by atoms with Crippen molar-refractivity contribution in [1.29, 1.82) is 0 Å². The molecule has 2 unspecified atom stereocenters. The van der Waals surface area contributed by atoms with Crippen LogP contribution in [0.25, 0.3) is 0 Å². The lowest BCUT2D eigenvalue weighted by Gasteiger charge is -2.42. The quantitative estimate of drug-likeness (QED) is 0.624. The number of thiol groups is 1. The van der Waals surface area contributed by atoms with Crippen molar-refractivity contribution in [2.75, 3.05) is 25.4 Å². The van der Waals surface area contributed by atoms with E-state index in [1.54, 1.807) is 0 Å². The minimum Gasteiger partial charge on any atom is -0.373 e. The molecule has 2 rings (SSSR count). The first-order chi connectivity index (χ1) is 8.63. The molecule has 1 aliphatic heterocycles. The highest BCUT2D eigenvalue weighted by atomic mass is 32.1. The van der Waals surface area contributed by atoms with Gasteiger partial charge in [-0.05, 0) is 37.9 Å². The molecule has 0 aromatic heterocycles. The van der Waals surface area contributed by atoms with Crippen LogP contribution in [-0.4, -0.2) is 42.5 Å². The van der Waals surface area contributed by atoms with Gasteiger partial charge in [-0.3, -0.25) is 4.90 Å². The average molecular weight is 271 g/mol. The minimum absolute atomic E-state index is 0.386. The summed E-state index contributed by atoms with van der Waals surface area (Å²) in [5, 5.41) is 0. The molecule has 0 aromatic carbocycles. The van der Waals surface area contributed by atoms with E-state index in [0.29, 0.717) is 17.6 Å². The van der Waals surface area contributed by atoms with Crippen LogP contribution in [0.4, 0.5) is 0 Å². The Morgan fingerprint density at radius 3 is 2.11 bits per heavy atom. The summed E-state index contributed by atoms with van der Waals surface area (Å²) in [6, 6.07) is 0. The van der Waals surface area contributed by atoms with E-state index < -0.39 is 0 Å². The minimum atomic E-state index is 0.386. The Labute approximate surface area is 118 Å². The summed E-state index contributed by atoms with van der Waals surface area (Å²) in [6.07, 6.45) is 9.16. The van der Waals surface area contributed by atoms with Crippen molar-refractivity contribution in [2.45, 2.75) is 64.6 Å². The van der Waals surface area contributed by atoms with Gasteiger partial charge in [0.2, 0.25) is 0 Å². The van der Waals surface area contributed by atoms with E-state index in [-0.39, 0.29) is 0 Å². The molecular weight excluding hydrogens is 242 g/mol. The number of morpholine rings is 1. The molecule has 0 radical (unpaired) electrons. The van der Waals surface area contributed by atoms with Gasteiger partial charge < -0.3 is 4.74 Å². The van der Waals surface area contributed by atoms with Crippen molar-refractivity contribution >= 4 is 12.6 Å². The van der Waals surface area contributed by atoms with Crippen LogP contribution in [0.3, 0.4) is 0 Å². The third-order valence-corrected chi connectivity index (χ3v) is 5.22. The van der Waals surface area contributed by atoms with Crippen LogP contribution in [0.1, 0.15) is 52.4 Å². The van der Waals surface area contributed by atoms with Crippen molar-refractivity contribution < 1.29 is 4.74 Å². The Bertz CT molecular complexity index is 241. The third-order valence-electron chi connectivity index (χ3n) is 4.55. The van der Waals surface area contributed by atoms with Crippen LogP contribution in [0.15, 0.2) is 0 Å². The molecule has 2 atom stereocenters. The average Bonchev–Trinajstić information content (AvgIpc) is 2.54. The van der Waals surface area contributed by atoms with Gasteiger partial charge in [-0.2, -0.15) is 12.6 Å². The summed E-state index contributed by atoms with van der Waals surface area (Å²) in [5.74, 6) is 1.05. The number of hydrogen-bond acceptors (Lipinski definition) is 3. The number of ether oxygens (including phenoxy) is 1. The van der Waals surface area contributed by atoms with Crippen LogP contribution in [0.5, 0.6) is 0 Å². The van der Waals surface area contributed by atoms with Gasteiger partial charge in [0, 0.05) is 19.6 Å². The van der Waals surface area contributed by atoms with E-state index in [2.05, 4.69) is 31.4 Å². The highest BCUT2D eigenvalue weighted by molar-refractivity contribution is 7.80. The molecular formula is C15H29NOS. The van der Waals surface area contributed by atoms with Crippen molar-refractivity contribution in [3.05, 3.63) is 0 Å². The summed E-state index contributed by atoms with van der Waals surface area (Å²) in [6.45, 7) is 7.82. The smallest absolute Gasteiger partial charge is 0.0678 e. The van der Waals surface area contributed by atoms with Crippen molar-refractivity contribution in [3.63, 3.8) is 0 Å². The molecule has 0 N–H and O–H groups in total. The molecule has 18 heavy (non-hydrogen) atoms. The maximum Gasteiger partial charge on any atom is 0.0678 e. The molecule has 2 nitrogen and oxygen atoms in total. The predicted molar refractivity (Wildman–Crippen MR) is 80.4 cm³/mol. The topological polar surface area (TPSA) is 12.5 Å². The molecule has 1 saturated carbocycles. The summed E-state index contributed by atoms with van der Waals surface area (Å²) in [7, 11) is 0. The zero-order valence-corrected chi connectivity index (χ0v) is 12.9. The second-order valence-electron chi connectivity index (χ2n) is 6.52. The molecule has 0 bridgehead atoms. The van der Waals surface area contributed by atoms with Crippen molar-refractivity contribution in [2.24, 2.45) is 5.41 Å². The fourth-order valence-electron chi connectivity index (χ4n) is 3.73. The Kier molecular flexibility index (Phi) is 5.40. The second-order valence-corrected chi connectivity index (χ2v) is 6.84. The van der Waals surface area contributed by atoms with Gasteiger partial charge in [-0.25, -0.2) is 0 Å². The van der Waals surface area contributed by atoms with Crippen LogP contribution < -0.4 is 0 Å². The predicted octanol–water partition coefficient (Wildman–Crippen LogP) is 3.37. The highest BCUT2D eigenvalue weighted by Crippen LogP contribution is 2.37. The van der Waals surface area contributed by atoms with E-state index >= 15 is 0 Å². The Balaban J connectivity index is 1.95. The second kappa shape index (κ2) is 6.62. The maximum atomic E-state index is 5.84. The van der Waals surface area contributed by atoms with Crippen LogP contribution in [0.2, 0.25) is 0 Å². The summed E-state index contributed by atoms with van der Waals surface area (Å²) in [5.41, 5.74) is 0.469. The van der Waals surface area contributed by atoms with Crippen molar-refractivity contribution in [3.8, 4) is 0 Å². The number of rotatable bonds is 3. The molecule has 2 aliphatic rings. The fourth-order valence-corrected chi connectivity index (χ4v) is 4.15. The van der Waals surface area contributed by atoms with Gasteiger partial charge in [0.1, 0.15) is 0 Å². The summed E-state index contributed by atoms with van der Waals surface area (Å²) >= 11 is 4.68. The first-order valence-corrected chi connectivity index (χ1v) is 8.25. The van der Waals surface area contributed by atoms with E-state index in [0.717, 1.165) is 18.8 Å². The zero-order valence-electron chi connectivity index (χ0n) is 12.0. The monoisotopic (exact) mass is 271 g/mol. The standard InChI is InChI=1S/C15H29NOS/c1-13-9-16(10-14(2)17-13)11-15(12-18)7-5-3-4-6-8-15/h13-14,18H,3-12H2,1-2H3. The Morgan fingerprint density at radius 2 is 1.61 bits per heavy atom. The molecule has 106 valence electrons. The number of nitrogens with zero attached hydrogens (tertiary/aromatic N) is 1. The van der Waals surface area contributed by atoms with E-state index in [1.165, 1.54) is 45.1 Å². The number of hydrogen-bond donors (Lipinski definition) is 1. The van der Waals surface area contributed by atoms with Gasteiger partial charge in [-0.15, -0.1) is 0 Å². The SMILES string of the molecule is CC1CN(CC2(CS)CCCCCC2)CC(C)O1. The highest BCUT2D eigenvalue weighted by Gasteiger charge is 2.34. The molecule has 0 spiro atoms. The molecule has 3 heteroatoms. The molecule has 2 fully saturated rings. The zero-order chi connectivity index (χ0) is 13.0. The normalized spacial score (nSPS) is 34.2. The summed E-state index contributed by atoms with van der Waals surface area (Å²) < 4.78 is 5.84. The molecule has 1 heterocycles. The first-order valence-electron chi connectivity index (χ1n) is 7.62. The van der Waals surface area contributed by atoms with Gasteiger partial charge >= 0.3 is 0 Å². The largest absolute Gasteiger partial charge is 0.373 e. The lowest BCUT2D eigenvalue weighted by molar-refractivity contribution is -0.0772. The van der Waals surface area contributed by atoms with Gasteiger partial charge in [0.05, 0.1) is 12.2 Å². The van der Waals surface area contributed by atoms with E-state index in [4.69, 9.17) is 4.74 Å². The third kappa shape index (κ3) is 3.88. The van der Waals surface area contributed by atoms with E-state index in [1.807, 2.05) is 0 Å². The molecule has 0 aromatic rings. The molecule has 1 saturated heterocycles. The van der Waals surface area contributed by atoms with Crippen LogP contribution in [-0.2, 0) is 4.74 Å². The Hall–Kier alpha value is 0.270.